The molecule has 8 bridgehead atoms. The predicted molar refractivity (Wildman–Crippen MR) is 235 cm³/mol. The first kappa shape index (κ1) is 40.1. The largest absolute Gasteiger partial charge is 0.465 e. The van der Waals surface area contributed by atoms with Gasteiger partial charge in [0, 0.05) is 72.7 Å². The zero-order chi connectivity index (χ0) is 41.1. The molecule has 60 heavy (non-hydrogen) atoms. The van der Waals surface area contributed by atoms with Crippen LogP contribution >= 0.6 is 21.6 Å². The molecule has 7 heterocycles. The lowest BCUT2D eigenvalue weighted by molar-refractivity contribution is -0.122. The average molecular weight is 845 g/mol. The van der Waals surface area contributed by atoms with E-state index >= 15 is 0 Å². The van der Waals surface area contributed by atoms with Crippen molar-refractivity contribution in [1.82, 2.24) is 10.2 Å². The van der Waals surface area contributed by atoms with E-state index < -0.39 is 41.8 Å². The number of aliphatic hydroxyl groups is 3. The van der Waals surface area contributed by atoms with E-state index in [4.69, 9.17) is 20.2 Å². The summed E-state index contributed by atoms with van der Waals surface area (Å²) in [4.78, 5) is 20.8. The molecule has 9 atom stereocenters. The summed E-state index contributed by atoms with van der Waals surface area (Å²) in [5.74, 6) is 12.5. The van der Waals surface area contributed by atoms with Crippen LogP contribution in [0.5, 0.6) is 11.5 Å². The van der Waals surface area contributed by atoms with Crippen LogP contribution in [0.25, 0.3) is 0 Å². The molecule has 0 unspecified atom stereocenters. The Morgan fingerprint density at radius 1 is 1.12 bits per heavy atom. The van der Waals surface area contributed by atoms with Crippen LogP contribution in [0.4, 0.5) is 0 Å². The number of allylic oxidation sites excluding steroid dienone is 2. The van der Waals surface area contributed by atoms with Crippen molar-refractivity contribution >= 4 is 33.1 Å². The van der Waals surface area contributed by atoms with Crippen molar-refractivity contribution in [3.63, 3.8) is 0 Å². The molecule has 2 aliphatic carbocycles. The second-order valence-corrected chi connectivity index (χ2v) is 20.3. The number of carbonyl (C=O) groups is 1. The average Bonchev–Trinajstić information content (AvgIpc) is 3.98. The lowest BCUT2D eigenvalue weighted by atomic mass is 9.73. The summed E-state index contributed by atoms with van der Waals surface area (Å²) in [7, 11) is 3.54. The number of aliphatic imine (C=N–C) groups is 1. The number of benzene rings is 2. The summed E-state index contributed by atoms with van der Waals surface area (Å²) in [6, 6.07) is 8.02. The van der Waals surface area contributed by atoms with Crippen molar-refractivity contribution < 1.29 is 29.6 Å². The van der Waals surface area contributed by atoms with Crippen LogP contribution in [0.3, 0.4) is 0 Å². The minimum atomic E-state index is -1.04. The SMILES string of the molecule is C[C@@H]1C=C[C@@H]([C@@H](O)CC(=O)CCc2ccc3c4c2CSSC[C@@H]2CN[C@@H](N)c5ccc6c(c52)CC2=CN=C5CN(C=C25)[C@@H](O4)[C@H](C#C[C@H]6O)C2(C#CO3)CCCC2)[C@H](O)C1. The van der Waals surface area contributed by atoms with Crippen LogP contribution in [0.2, 0.25) is 0 Å². The van der Waals surface area contributed by atoms with Gasteiger partial charge in [-0.2, -0.15) is 0 Å². The topological polar surface area (TPSA) is 150 Å². The Morgan fingerprint density at radius 2 is 1.97 bits per heavy atom. The number of fused-ring (bicyclic) bond motifs is 4. The Hall–Kier alpha value is -3.98. The highest BCUT2D eigenvalue weighted by atomic mass is 33.1. The third-order valence-electron chi connectivity index (χ3n) is 14.0. The van der Waals surface area contributed by atoms with Gasteiger partial charge in [0.15, 0.2) is 17.7 Å². The highest BCUT2D eigenvalue weighted by Gasteiger charge is 2.49. The summed E-state index contributed by atoms with van der Waals surface area (Å²) in [5, 5.41) is 37.5. The molecule has 0 radical (unpaired) electrons. The van der Waals surface area contributed by atoms with Crippen LogP contribution in [0.1, 0.15) is 103 Å². The van der Waals surface area contributed by atoms with Crippen LogP contribution in [0.15, 0.2) is 65.0 Å². The molecule has 2 aromatic rings. The molecule has 1 saturated carbocycles. The summed E-state index contributed by atoms with van der Waals surface area (Å²) in [6.07, 6.45) is 13.1. The van der Waals surface area contributed by atoms with Gasteiger partial charge in [0.2, 0.25) is 0 Å². The molecule has 7 aliphatic heterocycles. The van der Waals surface area contributed by atoms with Crippen LogP contribution in [-0.2, 0) is 23.4 Å². The number of hydrogen-bond acceptors (Lipinski definition) is 12. The molecule has 1 spiro atoms. The quantitative estimate of drug-likeness (QED) is 0.130. The lowest BCUT2D eigenvalue weighted by Gasteiger charge is -2.39. The van der Waals surface area contributed by atoms with Gasteiger partial charge >= 0.3 is 0 Å². The molecule has 0 amide bonds. The second-order valence-electron chi connectivity index (χ2n) is 17.8. The van der Waals surface area contributed by atoms with Crippen LogP contribution in [0, 0.1) is 47.0 Å². The number of nitrogens with zero attached hydrogens (tertiary/aromatic N) is 2. The summed E-state index contributed by atoms with van der Waals surface area (Å²) in [5.41, 5.74) is 15.4. The molecule has 6 N–H and O–H groups in total. The van der Waals surface area contributed by atoms with Crippen molar-refractivity contribution in [2.75, 3.05) is 18.8 Å². The molecule has 9 aliphatic rings. The normalized spacial score (nSPS) is 31.0. The maximum Gasteiger partial charge on any atom is 0.187 e. The van der Waals surface area contributed by atoms with Crippen molar-refractivity contribution in [2.45, 2.75) is 107 Å². The van der Waals surface area contributed by atoms with Gasteiger partial charge in [0.05, 0.1) is 42.0 Å². The third-order valence-corrected chi connectivity index (χ3v) is 16.4. The first-order chi connectivity index (χ1) is 29.2. The second kappa shape index (κ2) is 16.4. The Balaban J connectivity index is 1.09. The van der Waals surface area contributed by atoms with Gasteiger partial charge in [0.1, 0.15) is 18.0 Å². The first-order valence-corrected chi connectivity index (χ1v) is 24.0. The summed E-state index contributed by atoms with van der Waals surface area (Å²) < 4.78 is 13.8. The van der Waals surface area contributed by atoms with Gasteiger partial charge in [-0.15, -0.1) is 0 Å². The van der Waals surface area contributed by atoms with Crippen LogP contribution < -0.4 is 20.5 Å². The Labute approximate surface area is 359 Å². The molecule has 312 valence electrons. The number of aliphatic hydroxyl groups excluding tert-OH is 3. The number of ether oxygens (including phenoxy) is 2. The predicted octanol–water partition coefficient (Wildman–Crippen LogP) is 6.12. The molecule has 0 aromatic heterocycles. The molecule has 1 fully saturated rings. The van der Waals surface area contributed by atoms with Crippen molar-refractivity contribution in [3.05, 3.63) is 93.3 Å². The molecule has 0 saturated heterocycles. The van der Waals surface area contributed by atoms with E-state index in [1.165, 1.54) is 5.56 Å². The third kappa shape index (κ3) is 7.32. The van der Waals surface area contributed by atoms with Gasteiger partial charge < -0.3 is 35.4 Å². The minimum Gasteiger partial charge on any atom is -0.465 e. The van der Waals surface area contributed by atoms with Gasteiger partial charge in [-0.1, -0.05) is 89.5 Å². The minimum absolute atomic E-state index is 0.0227. The number of hydrogen-bond donors (Lipinski definition) is 5. The van der Waals surface area contributed by atoms with Gasteiger partial charge in [-0.3, -0.25) is 15.1 Å². The number of nitrogens with one attached hydrogen (secondary N) is 1. The Kier molecular flexibility index (Phi) is 10.9. The monoisotopic (exact) mass is 844 g/mol. The lowest BCUT2D eigenvalue weighted by Crippen LogP contribution is -2.47. The highest BCUT2D eigenvalue weighted by molar-refractivity contribution is 8.76. The molecule has 12 heteroatoms. The zero-order valence-electron chi connectivity index (χ0n) is 33.9. The van der Waals surface area contributed by atoms with Gasteiger partial charge in [-0.05, 0) is 71.1 Å². The fourth-order valence-corrected chi connectivity index (χ4v) is 13.2. The Morgan fingerprint density at radius 3 is 2.82 bits per heavy atom. The zero-order valence-corrected chi connectivity index (χ0v) is 35.5. The Bertz CT molecular complexity index is 2350. The number of nitrogens with two attached hydrogens (primary N) is 1. The fraction of sp³-hybridized carbons (Fsp3) is 0.500. The number of carbonyl (C=O) groups excluding carboxylic acids is 1. The maximum atomic E-state index is 13.6. The molecule has 2 aromatic carbocycles. The van der Waals surface area contributed by atoms with Crippen molar-refractivity contribution in [2.24, 2.45) is 33.9 Å². The number of ketones is 1. The van der Waals surface area contributed by atoms with E-state index in [-0.39, 0.29) is 36.6 Å². The van der Waals surface area contributed by atoms with E-state index in [0.717, 1.165) is 76.1 Å². The van der Waals surface area contributed by atoms with E-state index in [1.807, 2.05) is 43.5 Å². The van der Waals surface area contributed by atoms with E-state index in [1.54, 1.807) is 21.6 Å². The molecule has 11 rings (SSSR count). The number of aryl methyl sites for hydroxylation is 1. The standard InChI is InChI=1S/C48H52N4O6S2/c1-27-4-8-33(41(55)18-27)42(56)20-31(53)7-5-28-6-13-43-45-37(28)26-60-59-25-30-22-51-46(49)34-10-9-32-35(44(30)34)19-29-21-50-39-24-52(23-36(29)39)47(58-45)38(11-12-40(32)54)48(16-17-57-43)14-2-3-15-48/h4,6,8-10,13,21,23,27,30,33,38,40-42,46-47,51,54-56H,2-3,5,7,14-15,18-20,22,24-26,49H2,1H3/t27-,30+,33-,38+,40-,41-,42+,46-,47+/m1/s1. The van der Waals surface area contributed by atoms with Crippen LogP contribution in [-0.4, -0.2) is 69.0 Å². The van der Waals surface area contributed by atoms with E-state index in [0.29, 0.717) is 49.6 Å². The smallest absolute Gasteiger partial charge is 0.187 e. The van der Waals surface area contributed by atoms with Gasteiger partial charge in [0.25, 0.3) is 0 Å². The molecule has 10 nitrogen and oxygen atoms in total. The highest BCUT2D eigenvalue weighted by Crippen LogP contribution is 2.51. The van der Waals surface area contributed by atoms with Crippen molar-refractivity contribution in [3.8, 4) is 35.4 Å². The summed E-state index contributed by atoms with van der Waals surface area (Å²) in [6.45, 7) is 3.28. The van der Waals surface area contributed by atoms with Gasteiger partial charge in [-0.25, -0.2) is 0 Å². The van der Waals surface area contributed by atoms with E-state index in [2.05, 4.69) is 46.4 Å². The number of Topliss-reactive ketones (excluding diaryl/α,β-unsaturated/α-hetero) is 1. The van der Waals surface area contributed by atoms with Crippen molar-refractivity contribution in [1.29, 1.82) is 0 Å². The summed E-state index contributed by atoms with van der Waals surface area (Å²) >= 11 is 0. The molecular weight excluding hydrogens is 793 g/mol. The fourth-order valence-electron chi connectivity index (χ4n) is 10.7. The number of rotatable bonds is 6. The molecular formula is C48H52N4O6S2. The maximum absolute atomic E-state index is 13.6. The van der Waals surface area contributed by atoms with E-state index in [9.17, 15) is 20.1 Å². The first-order valence-electron chi connectivity index (χ1n) is 21.5.